The molecule has 0 fully saturated rings. The maximum absolute atomic E-state index is 12.4. The normalized spacial score (nSPS) is 10.6. The summed E-state index contributed by atoms with van der Waals surface area (Å²) < 4.78 is 29.1. The summed E-state index contributed by atoms with van der Waals surface area (Å²) in [5.74, 6) is -1.37. The molecule has 3 aromatic carbocycles. The average Bonchev–Trinajstić information content (AvgIpc) is 2.66. The Labute approximate surface area is 153 Å². The minimum absolute atomic E-state index is 0.0729. The molecule has 5 nitrogen and oxygen atoms in total. The quantitative estimate of drug-likeness (QED) is 0.693. The first kappa shape index (κ1) is 18.3. The zero-order chi connectivity index (χ0) is 19.2. The van der Waals surface area contributed by atoms with Gasteiger partial charge < -0.3 is 15.4 Å². The Kier molecular flexibility index (Phi) is 5.61. The molecule has 138 valence electrons. The van der Waals surface area contributed by atoms with E-state index in [4.69, 9.17) is 0 Å². The standard InChI is InChI=1S/C20H16F2N2O3/c21-20(22)27-17-8-4-3-7-16(17)19(26)23-12-18(25)24-15-10-9-13-5-1-2-6-14(13)11-15/h1-11,20H,12H2,(H,23,26)(H,24,25). The SMILES string of the molecule is O=C(CNC(=O)c1ccccc1OC(F)F)Nc1ccc2ccccc2c1. The summed E-state index contributed by atoms with van der Waals surface area (Å²) in [4.78, 5) is 24.2. The van der Waals surface area contributed by atoms with E-state index in [-0.39, 0.29) is 17.9 Å². The Bertz CT molecular complexity index is 976. The van der Waals surface area contributed by atoms with Crippen molar-refractivity contribution in [3.63, 3.8) is 0 Å². The van der Waals surface area contributed by atoms with Crippen molar-refractivity contribution >= 4 is 28.3 Å². The number of para-hydroxylation sites is 1. The van der Waals surface area contributed by atoms with Gasteiger partial charge in [0.2, 0.25) is 5.91 Å². The van der Waals surface area contributed by atoms with E-state index in [1.807, 2.05) is 36.4 Å². The number of nitrogens with one attached hydrogen (secondary N) is 2. The second-order valence-electron chi connectivity index (χ2n) is 5.67. The Hall–Kier alpha value is -3.48. The molecule has 27 heavy (non-hydrogen) atoms. The van der Waals surface area contributed by atoms with Gasteiger partial charge in [-0.15, -0.1) is 0 Å². The molecule has 0 heterocycles. The number of ether oxygens (including phenoxy) is 1. The van der Waals surface area contributed by atoms with Gasteiger partial charge in [-0.05, 0) is 35.0 Å². The summed E-state index contributed by atoms with van der Waals surface area (Å²) >= 11 is 0. The van der Waals surface area contributed by atoms with Crippen LogP contribution in [-0.2, 0) is 4.79 Å². The molecule has 3 aromatic rings. The number of rotatable bonds is 6. The largest absolute Gasteiger partial charge is 0.434 e. The van der Waals surface area contributed by atoms with E-state index in [1.54, 1.807) is 6.07 Å². The van der Waals surface area contributed by atoms with E-state index in [2.05, 4.69) is 15.4 Å². The highest BCUT2D eigenvalue weighted by Gasteiger charge is 2.16. The van der Waals surface area contributed by atoms with Gasteiger partial charge in [0, 0.05) is 5.69 Å². The molecule has 0 aliphatic rings. The van der Waals surface area contributed by atoms with E-state index in [9.17, 15) is 18.4 Å². The van der Waals surface area contributed by atoms with Gasteiger partial charge in [0.15, 0.2) is 0 Å². The Morgan fingerprint density at radius 1 is 0.926 bits per heavy atom. The van der Waals surface area contributed by atoms with Crippen molar-refractivity contribution in [3.05, 3.63) is 72.3 Å². The summed E-state index contributed by atoms with van der Waals surface area (Å²) in [6, 6.07) is 18.7. The number of carbonyl (C=O) groups excluding carboxylic acids is 2. The van der Waals surface area contributed by atoms with E-state index in [0.717, 1.165) is 10.8 Å². The number of benzene rings is 3. The number of hydrogen-bond acceptors (Lipinski definition) is 3. The Balaban J connectivity index is 1.61. The highest BCUT2D eigenvalue weighted by atomic mass is 19.3. The van der Waals surface area contributed by atoms with Gasteiger partial charge in [0.1, 0.15) is 5.75 Å². The highest BCUT2D eigenvalue weighted by molar-refractivity contribution is 6.01. The van der Waals surface area contributed by atoms with Crippen LogP contribution < -0.4 is 15.4 Å². The Morgan fingerprint density at radius 3 is 2.41 bits per heavy atom. The molecule has 0 radical (unpaired) electrons. The number of anilines is 1. The van der Waals surface area contributed by atoms with Gasteiger partial charge in [0.25, 0.3) is 5.91 Å². The predicted octanol–water partition coefficient (Wildman–Crippen LogP) is 3.81. The number of halogens is 2. The molecule has 3 rings (SSSR count). The lowest BCUT2D eigenvalue weighted by atomic mass is 10.1. The monoisotopic (exact) mass is 370 g/mol. The zero-order valence-corrected chi connectivity index (χ0v) is 14.1. The fraction of sp³-hybridized carbons (Fsp3) is 0.100. The number of amides is 2. The van der Waals surface area contributed by atoms with E-state index in [0.29, 0.717) is 5.69 Å². The summed E-state index contributed by atoms with van der Waals surface area (Å²) in [7, 11) is 0. The first-order chi connectivity index (χ1) is 13.0. The average molecular weight is 370 g/mol. The van der Waals surface area contributed by atoms with Gasteiger partial charge >= 0.3 is 6.61 Å². The van der Waals surface area contributed by atoms with Crippen molar-refractivity contribution in [3.8, 4) is 5.75 Å². The molecule has 0 aromatic heterocycles. The molecule has 0 aliphatic heterocycles. The number of carbonyl (C=O) groups is 2. The van der Waals surface area contributed by atoms with Crippen LogP contribution in [0.2, 0.25) is 0 Å². The van der Waals surface area contributed by atoms with Crippen LogP contribution in [0.25, 0.3) is 10.8 Å². The third-order valence-corrected chi connectivity index (χ3v) is 3.79. The molecular weight excluding hydrogens is 354 g/mol. The molecule has 0 atom stereocenters. The van der Waals surface area contributed by atoms with Crippen molar-refractivity contribution in [2.75, 3.05) is 11.9 Å². The number of alkyl halides is 2. The minimum atomic E-state index is -3.05. The molecule has 0 saturated carbocycles. The molecule has 0 spiro atoms. The molecule has 0 bridgehead atoms. The van der Waals surface area contributed by atoms with Crippen molar-refractivity contribution in [2.45, 2.75) is 6.61 Å². The van der Waals surface area contributed by atoms with Gasteiger partial charge in [-0.25, -0.2) is 0 Å². The van der Waals surface area contributed by atoms with Crippen LogP contribution in [0.5, 0.6) is 5.75 Å². The molecule has 0 unspecified atom stereocenters. The van der Waals surface area contributed by atoms with Crippen LogP contribution in [-0.4, -0.2) is 25.0 Å². The minimum Gasteiger partial charge on any atom is -0.434 e. The molecule has 0 saturated heterocycles. The first-order valence-electron chi connectivity index (χ1n) is 8.13. The van der Waals surface area contributed by atoms with Gasteiger partial charge in [-0.2, -0.15) is 8.78 Å². The van der Waals surface area contributed by atoms with Crippen LogP contribution in [0, 0.1) is 0 Å². The molecular formula is C20H16F2N2O3. The van der Waals surface area contributed by atoms with E-state index < -0.39 is 18.4 Å². The fourth-order valence-corrected chi connectivity index (χ4v) is 2.58. The van der Waals surface area contributed by atoms with Crippen molar-refractivity contribution in [1.82, 2.24) is 5.32 Å². The van der Waals surface area contributed by atoms with Crippen LogP contribution in [0.4, 0.5) is 14.5 Å². The third-order valence-electron chi connectivity index (χ3n) is 3.79. The lowest BCUT2D eigenvalue weighted by molar-refractivity contribution is -0.115. The summed E-state index contributed by atoms with van der Waals surface area (Å²) in [6.07, 6.45) is 0. The van der Waals surface area contributed by atoms with Gasteiger partial charge in [-0.3, -0.25) is 9.59 Å². The molecule has 2 amide bonds. The first-order valence-corrected chi connectivity index (χ1v) is 8.13. The number of hydrogen-bond donors (Lipinski definition) is 2. The van der Waals surface area contributed by atoms with Crippen molar-refractivity contribution in [2.24, 2.45) is 0 Å². The maximum atomic E-state index is 12.4. The van der Waals surface area contributed by atoms with Crippen LogP contribution in [0.3, 0.4) is 0 Å². The van der Waals surface area contributed by atoms with Gasteiger partial charge in [-0.1, -0.05) is 42.5 Å². The van der Waals surface area contributed by atoms with Crippen LogP contribution in [0.15, 0.2) is 66.7 Å². The lowest BCUT2D eigenvalue weighted by Gasteiger charge is -2.11. The lowest BCUT2D eigenvalue weighted by Crippen LogP contribution is -2.33. The van der Waals surface area contributed by atoms with Gasteiger partial charge in [0.05, 0.1) is 12.1 Å². The topological polar surface area (TPSA) is 67.4 Å². The van der Waals surface area contributed by atoms with Crippen molar-refractivity contribution in [1.29, 1.82) is 0 Å². The molecule has 0 aliphatic carbocycles. The molecule has 7 heteroatoms. The third kappa shape index (κ3) is 4.78. The van der Waals surface area contributed by atoms with Crippen LogP contribution in [0.1, 0.15) is 10.4 Å². The zero-order valence-electron chi connectivity index (χ0n) is 14.1. The second kappa shape index (κ2) is 8.27. The summed E-state index contributed by atoms with van der Waals surface area (Å²) in [5, 5.41) is 7.09. The number of fused-ring (bicyclic) bond motifs is 1. The maximum Gasteiger partial charge on any atom is 0.387 e. The van der Waals surface area contributed by atoms with E-state index in [1.165, 1.54) is 24.3 Å². The summed E-state index contributed by atoms with van der Waals surface area (Å²) in [5.41, 5.74) is 0.519. The Morgan fingerprint density at radius 2 is 1.63 bits per heavy atom. The van der Waals surface area contributed by atoms with E-state index >= 15 is 0 Å². The highest BCUT2D eigenvalue weighted by Crippen LogP contribution is 2.20. The fourth-order valence-electron chi connectivity index (χ4n) is 2.58. The second-order valence-corrected chi connectivity index (χ2v) is 5.67. The predicted molar refractivity (Wildman–Crippen MR) is 98.0 cm³/mol. The smallest absolute Gasteiger partial charge is 0.387 e. The summed E-state index contributed by atoms with van der Waals surface area (Å²) in [6.45, 7) is -3.36. The van der Waals surface area contributed by atoms with Crippen LogP contribution >= 0.6 is 0 Å². The molecule has 2 N–H and O–H groups in total. The van der Waals surface area contributed by atoms with Crippen molar-refractivity contribution < 1.29 is 23.1 Å².